The van der Waals surface area contributed by atoms with Gasteiger partial charge < -0.3 is 10.1 Å². The number of nitrogens with zero attached hydrogens (tertiary/aromatic N) is 3. The average Bonchev–Trinajstić information content (AvgIpc) is 3.52. The van der Waals surface area contributed by atoms with Crippen LogP contribution in [0, 0.1) is 25.1 Å². The topological polar surface area (TPSA) is 78.2 Å². The van der Waals surface area contributed by atoms with Crippen LogP contribution in [0.4, 0.5) is 23.2 Å². The fraction of sp³-hybridized carbons (Fsp3) is 0.423. The van der Waals surface area contributed by atoms with E-state index in [1.54, 1.807) is 26.0 Å². The molecule has 1 aliphatic heterocycles. The second-order valence-electron chi connectivity index (χ2n) is 10.1. The number of carbonyl (C=O) groups excluding carboxylic acids is 1. The molecular weight excluding hydrogens is 528 g/mol. The molecule has 38 heavy (non-hydrogen) atoms. The highest BCUT2D eigenvalue weighted by Crippen LogP contribution is 2.53. The second kappa shape index (κ2) is 9.14. The highest BCUT2D eigenvalue weighted by atomic mass is 35.5. The maximum Gasteiger partial charge on any atom is 0.425 e. The van der Waals surface area contributed by atoms with Gasteiger partial charge in [-0.2, -0.15) is 17.9 Å². The number of amides is 1. The normalized spacial score (nSPS) is 16.7. The molecule has 0 radical (unpaired) electrons. The van der Waals surface area contributed by atoms with Crippen molar-refractivity contribution in [3.63, 3.8) is 0 Å². The van der Waals surface area contributed by atoms with Crippen molar-refractivity contribution in [2.24, 2.45) is 5.41 Å². The van der Waals surface area contributed by atoms with Crippen molar-refractivity contribution >= 4 is 23.2 Å². The Morgan fingerprint density at radius 1 is 1.21 bits per heavy atom. The summed E-state index contributed by atoms with van der Waals surface area (Å²) in [7, 11) is 0. The van der Waals surface area contributed by atoms with Gasteiger partial charge in [-0.1, -0.05) is 17.7 Å². The van der Waals surface area contributed by atoms with Gasteiger partial charge >= 0.3 is 11.9 Å². The van der Waals surface area contributed by atoms with Crippen molar-refractivity contribution in [3.05, 3.63) is 68.1 Å². The predicted octanol–water partition coefficient (Wildman–Crippen LogP) is 5.75. The fourth-order valence-electron chi connectivity index (χ4n) is 4.68. The lowest BCUT2D eigenvalue weighted by Gasteiger charge is -2.21. The molecule has 2 heterocycles. The van der Waals surface area contributed by atoms with E-state index in [0.717, 1.165) is 48.6 Å². The third kappa shape index (κ3) is 4.68. The number of fused-ring (bicyclic) bond motifs is 1. The van der Waals surface area contributed by atoms with Gasteiger partial charge in [0.25, 0.3) is 5.91 Å². The smallest absolute Gasteiger partial charge is 0.425 e. The molecule has 1 aromatic heterocycles. The Morgan fingerprint density at radius 2 is 1.92 bits per heavy atom. The van der Waals surface area contributed by atoms with Crippen LogP contribution in [0.1, 0.15) is 53.5 Å². The summed E-state index contributed by atoms with van der Waals surface area (Å²) >= 11 is 6.23. The lowest BCUT2D eigenvalue weighted by molar-refractivity contribution is -0.189. The number of alkyl halides is 3. The van der Waals surface area contributed by atoms with Crippen LogP contribution >= 0.6 is 11.6 Å². The van der Waals surface area contributed by atoms with E-state index in [2.05, 4.69) is 10.4 Å². The Kier molecular flexibility index (Phi) is 6.32. The number of hydrogen-bond donors (Lipinski definition) is 1. The minimum atomic E-state index is -4.76. The Hall–Kier alpha value is -3.34. The van der Waals surface area contributed by atoms with Crippen LogP contribution < -0.4 is 15.7 Å². The van der Waals surface area contributed by atoms with Gasteiger partial charge in [0.2, 0.25) is 0 Å². The van der Waals surface area contributed by atoms with Gasteiger partial charge in [0.1, 0.15) is 23.1 Å². The quantitative estimate of drug-likeness (QED) is 0.409. The molecule has 1 saturated carbocycles. The molecule has 1 N–H and O–H groups in total. The Labute approximate surface area is 220 Å². The van der Waals surface area contributed by atoms with Gasteiger partial charge in [0.05, 0.1) is 16.3 Å². The Bertz CT molecular complexity index is 1510. The van der Waals surface area contributed by atoms with Crippen LogP contribution in [-0.4, -0.2) is 32.5 Å². The minimum Gasteiger partial charge on any atom is -0.480 e. The van der Waals surface area contributed by atoms with Gasteiger partial charge in [-0.25, -0.2) is 9.18 Å². The summed E-state index contributed by atoms with van der Waals surface area (Å²) < 4.78 is 62.9. The molecule has 202 valence electrons. The first-order valence-corrected chi connectivity index (χ1v) is 12.5. The zero-order valence-electron chi connectivity index (χ0n) is 20.9. The van der Waals surface area contributed by atoms with E-state index in [1.165, 1.54) is 4.57 Å². The molecule has 0 unspecified atom stereocenters. The highest BCUT2D eigenvalue weighted by molar-refractivity contribution is 6.34. The van der Waals surface area contributed by atoms with E-state index < -0.39 is 46.7 Å². The zero-order valence-corrected chi connectivity index (χ0v) is 21.6. The van der Waals surface area contributed by atoms with Crippen molar-refractivity contribution in [1.82, 2.24) is 14.3 Å². The molecule has 1 amide bonds. The molecular formula is C26H25ClF4N4O3. The average molecular weight is 553 g/mol. The first-order valence-electron chi connectivity index (χ1n) is 12.1. The van der Waals surface area contributed by atoms with E-state index in [0.29, 0.717) is 24.4 Å². The molecule has 7 nitrogen and oxygen atoms in total. The number of benzene rings is 2. The van der Waals surface area contributed by atoms with E-state index in [-0.39, 0.29) is 16.1 Å². The molecule has 3 aromatic rings. The number of carbonyl (C=O) groups is 1. The lowest BCUT2D eigenvalue weighted by Crippen LogP contribution is -2.32. The SMILES string of the molecule is Cc1ccc(Cl)c(NC(=O)c2cc(F)c(-n3nc4n(c3=O)CCC3(CC3)C4)cc2O[C@@H](C)C(F)(F)F)c1C. The maximum absolute atomic E-state index is 15.4. The predicted molar refractivity (Wildman–Crippen MR) is 133 cm³/mol. The third-order valence-corrected chi connectivity index (χ3v) is 7.82. The maximum atomic E-state index is 15.4. The monoisotopic (exact) mass is 552 g/mol. The molecule has 2 aromatic carbocycles. The second-order valence-corrected chi connectivity index (χ2v) is 10.5. The molecule has 5 rings (SSSR count). The van der Waals surface area contributed by atoms with E-state index >= 15 is 4.39 Å². The van der Waals surface area contributed by atoms with Gasteiger partial charge in [-0.3, -0.25) is 9.36 Å². The van der Waals surface area contributed by atoms with Crippen LogP contribution in [0.25, 0.3) is 5.69 Å². The standard InChI is InChI=1S/C26H25ClF4N4O3/c1-13-4-5-17(27)22(14(13)2)32-23(36)16-10-18(28)19(11-20(16)38-15(3)26(29,30)31)35-24(37)34-9-8-25(6-7-25)12-21(34)33-35/h4-5,10-11,15H,6-9,12H2,1-3H3,(H,32,36)/t15-/m0/s1. The number of ether oxygens (including phenoxy) is 1. The van der Waals surface area contributed by atoms with Gasteiger partial charge in [-0.05, 0) is 68.7 Å². The highest BCUT2D eigenvalue weighted by Gasteiger charge is 2.46. The molecule has 0 bridgehead atoms. The van der Waals surface area contributed by atoms with Crippen molar-refractivity contribution in [2.75, 3.05) is 5.32 Å². The number of rotatable bonds is 5. The van der Waals surface area contributed by atoms with Crippen LogP contribution in [0.3, 0.4) is 0 Å². The first kappa shape index (κ1) is 26.3. The van der Waals surface area contributed by atoms with Crippen LogP contribution in [0.15, 0.2) is 29.1 Å². The number of aryl methyl sites for hydroxylation is 1. The van der Waals surface area contributed by atoms with E-state index in [1.807, 2.05) is 0 Å². The fourth-order valence-corrected chi connectivity index (χ4v) is 4.93. The largest absolute Gasteiger partial charge is 0.480 e. The summed E-state index contributed by atoms with van der Waals surface area (Å²) in [4.78, 5) is 26.2. The number of halogens is 5. The lowest BCUT2D eigenvalue weighted by atomic mass is 9.95. The summed E-state index contributed by atoms with van der Waals surface area (Å²) in [5.41, 5.74) is 0.298. The summed E-state index contributed by atoms with van der Waals surface area (Å²) in [5, 5.41) is 7.05. The zero-order chi connectivity index (χ0) is 27.6. The summed E-state index contributed by atoms with van der Waals surface area (Å²) in [5.74, 6) is -2.01. The molecule has 1 aliphatic carbocycles. The van der Waals surface area contributed by atoms with E-state index in [4.69, 9.17) is 16.3 Å². The molecule has 1 atom stereocenters. The van der Waals surface area contributed by atoms with Crippen molar-refractivity contribution in [1.29, 1.82) is 0 Å². The van der Waals surface area contributed by atoms with Crippen molar-refractivity contribution < 1.29 is 27.1 Å². The Balaban J connectivity index is 1.58. The van der Waals surface area contributed by atoms with E-state index in [9.17, 15) is 22.8 Å². The summed E-state index contributed by atoms with van der Waals surface area (Å²) in [6, 6.07) is 4.96. The van der Waals surface area contributed by atoms with Gasteiger partial charge in [0.15, 0.2) is 6.10 Å². The first-order chi connectivity index (χ1) is 17.8. The Morgan fingerprint density at radius 3 is 2.58 bits per heavy atom. The van der Waals surface area contributed by atoms with Gasteiger partial charge in [0, 0.05) is 19.0 Å². The van der Waals surface area contributed by atoms with Crippen LogP contribution in [-0.2, 0) is 13.0 Å². The number of nitrogens with one attached hydrogen (secondary N) is 1. The molecule has 12 heteroatoms. The molecule has 0 saturated heterocycles. The van der Waals surface area contributed by atoms with Gasteiger partial charge in [-0.15, -0.1) is 5.10 Å². The van der Waals surface area contributed by atoms with Crippen LogP contribution in [0.2, 0.25) is 5.02 Å². The minimum absolute atomic E-state index is 0.123. The number of aromatic nitrogens is 3. The van der Waals surface area contributed by atoms with Crippen molar-refractivity contribution in [2.45, 2.75) is 65.3 Å². The summed E-state index contributed by atoms with van der Waals surface area (Å²) in [6.07, 6.45) is -3.64. The third-order valence-electron chi connectivity index (χ3n) is 7.51. The molecule has 2 aliphatic rings. The molecule has 1 fully saturated rings. The van der Waals surface area contributed by atoms with Crippen LogP contribution in [0.5, 0.6) is 5.75 Å². The molecule has 1 spiro atoms. The van der Waals surface area contributed by atoms with Crippen molar-refractivity contribution in [3.8, 4) is 11.4 Å². The number of anilines is 1. The summed E-state index contributed by atoms with van der Waals surface area (Å²) in [6.45, 7) is 4.70. The number of hydrogen-bond acceptors (Lipinski definition) is 4.